The topological polar surface area (TPSA) is 68.3 Å². The van der Waals surface area contributed by atoms with Crippen molar-refractivity contribution in [1.29, 1.82) is 0 Å². The van der Waals surface area contributed by atoms with Crippen LogP contribution in [-0.4, -0.2) is 23.3 Å². The lowest BCUT2D eigenvalue weighted by atomic mass is 10.0. The maximum absolute atomic E-state index is 12.7. The number of aromatic nitrogens is 1. The van der Waals surface area contributed by atoms with E-state index in [-0.39, 0.29) is 18.3 Å². The Labute approximate surface area is 198 Å². The fraction of sp³-hybridized carbons (Fsp3) is 0.0800. The first-order valence-electron chi connectivity index (χ1n) is 9.84. The Balaban J connectivity index is 1.36. The van der Waals surface area contributed by atoms with Crippen LogP contribution in [0.3, 0.4) is 0 Å². The Morgan fingerprint density at radius 2 is 1.78 bits per heavy atom. The summed E-state index contributed by atoms with van der Waals surface area (Å²) in [5.41, 5.74) is 3.75. The molecule has 1 amide bonds. The van der Waals surface area contributed by atoms with Gasteiger partial charge in [0.1, 0.15) is 5.75 Å². The third-order valence-electron chi connectivity index (χ3n) is 4.70. The van der Waals surface area contributed by atoms with Crippen molar-refractivity contribution in [2.75, 3.05) is 11.9 Å². The first-order chi connectivity index (χ1) is 15.5. The van der Waals surface area contributed by atoms with Crippen molar-refractivity contribution < 1.29 is 14.3 Å². The number of anilines is 1. The smallest absolute Gasteiger partial charge is 0.264 e. The number of hydrogen-bond donors (Lipinski definition) is 1. The molecular weight excluding hydrogens is 488 g/mol. The first-order valence-corrected chi connectivity index (χ1v) is 11.5. The summed E-state index contributed by atoms with van der Waals surface area (Å²) in [6, 6.07) is 22.2. The number of nitrogens with one attached hydrogen (secondary N) is 1. The minimum absolute atomic E-state index is 0.0725. The van der Waals surface area contributed by atoms with Crippen LogP contribution in [0.1, 0.15) is 21.5 Å². The second kappa shape index (κ2) is 9.89. The zero-order valence-corrected chi connectivity index (χ0v) is 19.6. The van der Waals surface area contributed by atoms with Crippen LogP contribution in [0.2, 0.25) is 0 Å². The second-order valence-electron chi connectivity index (χ2n) is 7.06. The summed E-state index contributed by atoms with van der Waals surface area (Å²) < 4.78 is 6.52. The number of benzene rings is 3. The highest BCUT2D eigenvalue weighted by Gasteiger charge is 2.13. The molecule has 0 aliphatic rings. The lowest BCUT2D eigenvalue weighted by Crippen LogP contribution is -2.20. The van der Waals surface area contributed by atoms with Crippen LogP contribution in [-0.2, 0) is 4.79 Å². The molecule has 4 rings (SSSR count). The number of ketones is 1. The van der Waals surface area contributed by atoms with Crippen LogP contribution >= 0.6 is 27.3 Å². The van der Waals surface area contributed by atoms with Crippen molar-refractivity contribution in [3.05, 3.63) is 99.3 Å². The van der Waals surface area contributed by atoms with E-state index in [2.05, 4.69) is 26.2 Å². The summed E-state index contributed by atoms with van der Waals surface area (Å²) in [7, 11) is 0. The van der Waals surface area contributed by atoms with Gasteiger partial charge < -0.3 is 4.74 Å². The van der Waals surface area contributed by atoms with Crippen LogP contribution in [0.25, 0.3) is 11.3 Å². The van der Waals surface area contributed by atoms with Gasteiger partial charge in [0, 0.05) is 26.5 Å². The molecule has 0 atom stereocenters. The van der Waals surface area contributed by atoms with E-state index in [9.17, 15) is 9.59 Å². The molecule has 0 unspecified atom stereocenters. The first kappa shape index (κ1) is 21.9. The van der Waals surface area contributed by atoms with Crippen molar-refractivity contribution >= 4 is 44.1 Å². The van der Waals surface area contributed by atoms with Crippen molar-refractivity contribution in [2.24, 2.45) is 0 Å². The van der Waals surface area contributed by atoms with Gasteiger partial charge in [-0.15, -0.1) is 11.3 Å². The highest BCUT2D eigenvalue weighted by molar-refractivity contribution is 9.10. The van der Waals surface area contributed by atoms with Gasteiger partial charge in [0.2, 0.25) is 0 Å². The minimum atomic E-state index is -0.298. The number of halogens is 1. The highest BCUT2D eigenvalue weighted by Crippen LogP contribution is 2.25. The molecule has 7 heteroatoms. The molecule has 0 saturated heterocycles. The molecular formula is C25H19BrN2O3S. The molecule has 32 heavy (non-hydrogen) atoms. The summed E-state index contributed by atoms with van der Waals surface area (Å²) in [5.74, 6) is 0.180. The standard InChI is InChI=1S/C25H19BrN2O3S/c1-16-12-19(24(30)18-8-5-9-20(26)13-18)10-11-22(16)31-14-23(29)28-25-27-21(15-32-25)17-6-3-2-4-7-17/h2-13,15H,14H2,1H3,(H,27,28,29). The SMILES string of the molecule is Cc1cc(C(=O)c2cccc(Br)c2)ccc1OCC(=O)Nc1nc(-c2ccccc2)cs1. The Morgan fingerprint density at radius 1 is 1.00 bits per heavy atom. The molecule has 0 saturated carbocycles. The molecule has 5 nitrogen and oxygen atoms in total. The molecule has 0 radical (unpaired) electrons. The Kier molecular flexibility index (Phi) is 6.78. The van der Waals surface area contributed by atoms with E-state index in [0.717, 1.165) is 21.3 Å². The van der Waals surface area contributed by atoms with E-state index in [1.165, 1.54) is 11.3 Å². The molecule has 1 aromatic heterocycles. The predicted molar refractivity (Wildman–Crippen MR) is 130 cm³/mol. The molecule has 0 spiro atoms. The van der Waals surface area contributed by atoms with Crippen LogP contribution in [0.15, 0.2) is 82.6 Å². The Morgan fingerprint density at radius 3 is 2.53 bits per heavy atom. The number of ether oxygens (including phenoxy) is 1. The van der Waals surface area contributed by atoms with E-state index in [4.69, 9.17) is 4.74 Å². The van der Waals surface area contributed by atoms with Crippen molar-refractivity contribution in [3.63, 3.8) is 0 Å². The average Bonchev–Trinajstić information content (AvgIpc) is 3.26. The zero-order chi connectivity index (χ0) is 22.5. The summed E-state index contributed by atoms with van der Waals surface area (Å²) >= 11 is 4.75. The normalized spacial score (nSPS) is 10.6. The van der Waals surface area contributed by atoms with Gasteiger partial charge in [-0.2, -0.15) is 0 Å². The third-order valence-corrected chi connectivity index (χ3v) is 5.95. The maximum Gasteiger partial charge on any atom is 0.264 e. The summed E-state index contributed by atoms with van der Waals surface area (Å²) in [5, 5.41) is 5.18. The Bertz CT molecular complexity index is 1270. The molecule has 160 valence electrons. The van der Waals surface area contributed by atoms with E-state index in [0.29, 0.717) is 22.0 Å². The zero-order valence-electron chi connectivity index (χ0n) is 17.2. The van der Waals surface area contributed by atoms with Crippen LogP contribution in [0, 0.1) is 6.92 Å². The number of aryl methyl sites for hydroxylation is 1. The number of amides is 1. The van der Waals surface area contributed by atoms with Crippen molar-refractivity contribution in [1.82, 2.24) is 4.98 Å². The van der Waals surface area contributed by atoms with Crippen LogP contribution in [0.5, 0.6) is 5.75 Å². The van der Waals surface area contributed by atoms with Gasteiger partial charge in [0.05, 0.1) is 5.69 Å². The molecule has 1 N–H and O–H groups in total. The molecule has 1 heterocycles. The molecule has 0 aliphatic carbocycles. The largest absolute Gasteiger partial charge is 0.483 e. The minimum Gasteiger partial charge on any atom is -0.483 e. The number of carbonyl (C=O) groups is 2. The van der Waals surface area contributed by atoms with Gasteiger partial charge in [0.25, 0.3) is 5.91 Å². The quantitative estimate of drug-likeness (QED) is 0.306. The van der Waals surface area contributed by atoms with Crippen LogP contribution in [0.4, 0.5) is 5.13 Å². The van der Waals surface area contributed by atoms with E-state index in [1.807, 2.05) is 54.8 Å². The second-order valence-corrected chi connectivity index (χ2v) is 8.83. The predicted octanol–water partition coefficient (Wildman–Crippen LogP) is 6.13. The number of thiazole rings is 1. The van der Waals surface area contributed by atoms with Gasteiger partial charge in [-0.1, -0.05) is 58.4 Å². The fourth-order valence-corrected chi connectivity index (χ4v) is 4.26. The van der Waals surface area contributed by atoms with Crippen molar-refractivity contribution in [2.45, 2.75) is 6.92 Å². The van der Waals surface area contributed by atoms with Gasteiger partial charge in [-0.05, 0) is 42.8 Å². The lowest BCUT2D eigenvalue weighted by molar-refractivity contribution is -0.118. The fourth-order valence-electron chi connectivity index (χ4n) is 3.12. The summed E-state index contributed by atoms with van der Waals surface area (Å²) in [4.78, 5) is 29.5. The Hall–Kier alpha value is -3.29. The van der Waals surface area contributed by atoms with Crippen LogP contribution < -0.4 is 10.1 Å². The number of rotatable bonds is 7. The monoisotopic (exact) mass is 506 g/mol. The molecule has 0 aliphatic heterocycles. The van der Waals surface area contributed by atoms with Gasteiger partial charge in [0.15, 0.2) is 17.5 Å². The maximum atomic E-state index is 12.7. The van der Waals surface area contributed by atoms with Gasteiger partial charge in [-0.25, -0.2) is 4.98 Å². The lowest BCUT2D eigenvalue weighted by Gasteiger charge is -2.10. The van der Waals surface area contributed by atoms with E-state index in [1.54, 1.807) is 30.3 Å². The number of hydrogen-bond acceptors (Lipinski definition) is 5. The molecule has 4 aromatic rings. The molecule has 0 bridgehead atoms. The number of nitrogens with zero attached hydrogens (tertiary/aromatic N) is 1. The van der Waals surface area contributed by atoms with Gasteiger partial charge in [-0.3, -0.25) is 14.9 Å². The van der Waals surface area contributed by atoms with E-state index < -0.39 is 0 Å². The van der Waals surface area contributed by atoms with Gasteiger partial charge >= 0.3 is 0 Å². The average molecular weight is 507 g/mol. The number of carbonyl (C=O) groups excluding carboxylic acids is 2. The third kappa shape index (κ3) is 5.30. The van der Waals surface area contributed by atoms with Crippen molar-refractivity contribution in [3.8, 4) is 17.0 Å². The van der Waals surface area contributed by atoms with E-state index >= 15 is 0 Å². The molecule has 3 aromatic carbocycles. The molecule has 0 fully saturated rings. The summed E-state index contributed by atoms with van der Waals surface area (Å²) in [6.07, 6.45) is 0. The summed E-state index contributed by atoms with van der Waals surface area (Å²) in [6.45, 7) is 1.69. The highest BCUT2D eigenvalue weighted by atomic mass is 79.9.